The maximum absolute atomic E-state index is 11.3. The fraction of sp³-hybridized carbons (Fsp3) is 0. The number of furan rings is 1. The number of aromatic carboxylic acids is 1. The first kappa shape index (κ1) is 12.5. The first-order valence-electron chi connectivity index (χ1n) is 5.78. The molecule has 0 spiro atoms. The Morgan fingerprint density at radius 1 is 1.30 bits per heavy atom. The van der Waals surface area contributed by atoms with E-state index in [0.717, 1.165) is 0 Å². The number of carboxylic acid groups (broad SMARTS) is 1. The fourth-order valence-electron chi connectivity index (χ4n) is 1.96. The fourth-order valence-corrected chi connectivity index (χ4v) is 2.14. The van der Waals surface area contributed by atoms with Gasteiger partial charge in [-0.25, -0.2) is 9.48 Å². The summed E-state index contributed by atoms with van der Waals surface area (Å²) in [5, 5.41) is 13.9. The summed E-state index contributed by atoms with van der Waals surface area (Å²) in [6.45, 7) is 0. The number of rotatable bonds is 3. The molecule has 0 fully saturated rings. The highest BCUT2D eigenvalue weighted by molar-refractivity contribution is 6.30. The predicted molar refractivity (Wildman–Crippen MR) is 73.2 cm³/mol. The van der Waals surface area contributed by atoms with Crippen molar-refractivity contribution in [2.24, 2.45) is 0 Å². The second-order valence-corrected chi connectivity index (χ2v) is 4.52. The molecule has 20 heavy (non-hydrogen) atoms. The molecule has 0 saturated carbocycles. The minimum Gasteiger partial charge on any atom is -0.478 e. The lowest BCUT2D eigenvalue weighted by molar-refractivity contribution is 0.0697. The summed E-state index contributed by atoms with van der Waals surface area (Å²) in [5.41, 5.74) is 1.11. The predicted octanol–water partition coefficient (Wildman–Crippen LogP) is 3.48. The maximum atomic E-state index is 11.3. The van der Waals surface area contributed by atoms with Crippen LogP contribution in [0.1, 0.15) is 10.4 Å². The van der Waals surface area contributed by atoms with E-state index < -0.39 is 5.97 Å². The Bertz CT molecular complexity index is 763. The first-order valence-corrected chi connectivity index (χ1v) is 6.16. The zero-order chi connectivity index (χ0) is 14.1. The maximum Gasteiger partial charge on any atom is 0.339 e. The molecule has 0 aliphatic carbocycles. The molecule has 1 N–H and O–H groups in total. The van der Waals surface area contributed by atoms with Gasteiger partial charge in [-0.2, -0.15) is 5.10 Å². The summed E-state index contributed by atoms with van der Waals surface area (Å²) >= 11 is 5.96. The first-order chi connectivity index (χ1) is 9.66. The molecule has 0 aliphatic heterocycles. The number of hydrogen-bond donors (Lipinski definition) is 1. The molecule has 2 aromatic heterocycles. The summed E-state index contributed by atoms with van der Waals surface area (Å²) < 4.78 is 6.80. The molecule has 0 aliphatic rings. The molecule has 6 heteroatoms. The van der Waals surface area contributed by atoms with Gasteiger partial charge in [-0.1, -0.05) is 17.7 Å². The summed E-state index contributed by atoms with van der Waals surface area (Å²) in [6.07, 6.45) is 2.78. The Hall–Kier alpha value is -2.53. The van der Waals surface area contributed by atoms with Gasteiger partial charge in [0, 0.05) is 5.02 Å². The monoisotopic (exact) mass is 288 g/mol. The van der Waals surface area contributed by atoms with Crippen molar-refractivity contribution in [1.29, 1.82) is 0 Å². The van der Waals surface area contributed by atoms with Gasteiger partial charge in [0.2, 0.25) is 0 Å². The SMILES string of the molecule is O=C(O)c1cnn(-c2cccc(Cl)c2)c1-c1ccco1. The lowest BCUT2D eigenvalue weighted by Gasteiger charge is -2.06. The van der Waals surface area contributed by atoms with E-state index in [1.165, 1.54) is 17.1 Å². The van der Waals surface area contributed by atoms with Gasteiger partial charge >= 0.3 is 5.97 Å². The molecule has 3 aromatic rings. The van der Waals surface area contributed by atoms with Crippen molar-refractivity contribution >= 4 is 17.6 Å². The van der Waals surface area contributed by atoms with Gasteiger partial charge in [-0.15, -0.1) is 0 Å². The average molecular weight is 289 g/mol. The third kappa shape index (κ3) is 2.08. The minimum atomic E-state index is -1.07. The summed E-state index contributed by atoms with van der Waals surface area (Å²) in [6, 6.07) is 10.4. The van der Waals surface area contributed by atoms with E-state index in [4.69, 9.17) is 16.0 Å². The molecular weight excluding hydrogens is 280 g/mol. The zero-order valence-corrected chi connectivity index (χ0v) is 10.9. The number of carboxylic acids is 1. The average Bonchev–Trinajstić information content (AvgIpc) is 3.07. The molecule has 0 saturated heterocycles. The van der Waals surface area contributed by atoms with Crippen LogP contribution in [0.15, 0.2) is 53.3 Å². The van der Waals surface area contributed by atoms with E-state index in [-0.39, 0.29) is 5.56 Å². The van der Waals surface area contributed by atoms with E-state index in [0.29, 0.717) is 22.2 Å². The Labute approximate surface area is 119 Å². The molecule has 0 atom stereocenters. The van der Waals surface area contributed by atoms with E-state index in [2.05, 4.69) is 5.10 Å². The number of aromatic nitrogens is 2. The molecule has 0 unspecified atom stereocenters. The van der Waals surface area contributed by atoms with Gasteiger partial charge in [0.25, 0.3) is 0 Å². The van der Waals surface area contributed by atoms with Crippen LogP contribution < -0.4 is 0 Å². The molecule has 0 radical (unpaired) electrons. The van der Waals surface area contributed by atoms with Crippen molar-refractivity contribution in [3.05, 3.63) is 59.4 Å². The van der Waals surface area contributed by atoms with Gasteiger partial charge in [0.1, 0.15) is 11.3 Å². The molecule has 0 amide bonds. The van der Waals surface area contributed by atoms with Crippen LogP contribution in [-0.4, -0.2) is 20.9 Å². The molecule has 100 valence electrons. The highest BCUT2D eigenvalue weighted by Gasteiger charge is 2.21. The molecule has 2 heterocycles. The van der Waals surface area contributed by atoms with Crippen LogP contribution in [0.3, 0.4) is 0 Å². The standard InChI is InChI=1S/C14H9ClN2O3/c15-9-3-1-4-10(7-9)17-13(12-5-2-6-20-12)11(8-16-17)14(18)19/h1-8H,(H,18,19). The number of benzene rings is 1. The van der Waals surface area contributed by atoms with Gasteiger partial charge in [0.15, 0.2) is 5.76 Å². The van der Waals surface area contributed by atoms with Gasteiger partial charge in [0.05, 0.1) is 18.1 Å². The second kappa shape index (κ2) is 4.86. The second-order valence-electron chi connectivity index (χ2n) is 4.08. The molecule has 0 bridgehead atoms. The van der Waals surface area contributed by atoms with Crippen molar-refractivity contribution < 1.29 is 14.3 Å². The molecule has 1 aromatic carbocycles. The van der Waals surface area contributed by atoms with Crippen molar-refractivity contribution in [2.75, 3.05) is 0 Å². The Balaban J connectivity index is 2.24. The highest BCUT2D eigenvalue weighted by atomic mass is 35.5. The number of nitrogens with zero attached hydrogens (tertiary/aromatic N) is 2. The van der Waals surface area contributed by atoms with E-state index in [1.54, 1.807) is 36.4 Å². The highest BCUT2D eigenvalue weighted by Crippen LogP contribution is 2.27. The van der Waals surface area contributed by atoms with E-state index in [9.17, 15) is 9.90 Å². The lowest BCUT2D eigenvalue weighted by atomic mass is 10.2. The minimum absolute atomic E-state index is 0.0694. The third-order valence-corrected chi connectivity index (χ3v) is 3.04. The summed E-state index contributed by atoms with van der Waals surface area (Å²) in [7, 11) is 0. The van der Waals surface area contributed by atoms with Gasteiger partial charge in [-0.05, 0) is 30.3 Å². The zero-order valence-electron chi connectivity index (χ0n) is 10.2. The van der Waals surface area contributed by atoms with E-state index in [1.807, 2.05) is 0 Å². The van der Waals surface area contributed by atoms with Crippen LogP contribution in [0.2, 0.25) is 5.02 Å². The van der Waals surface area contributed by atoms with E-state index >= 15 is 0 Å². The summed E-state index contributed by atoms with van der Waals surface area (Å²) in [5.74, 6) is -0.635. The number of hydrogen-bond acceptors (Lipinski definition) is 3. The quantitative estimate of drug-likeness (QED) is 0.801. The largest absolute Gasteiger partial charge is 0.478 e. The number of carbonyl (C=O) groups is 1. The van der Waals surface area contributed by atoms with Crippen LogP contribution in [0.5, 0.6) is 0 Å². The van der Waals surface area contributed by atoms with Gasteiger partial charge in [-0.3, -0.25) is 0 Å². The third-order valence-electron chi connectivity index (χ3n) is 2.81. The smallest absolute Gasteiger partial charge is 0.339 e. The normalized spacial score (nSPS) is 10.7. The molecule has 5 nitrogen and oxygen atoms in total. The van der Waals surface area contributed by atoms with Crippen LogP contribution >= 0.6 is 11.6 Å². The van der Waals surface area contributed by atoms with Crippen molar-refractivity contribution in [1.82, 2.24) is 9.78 Å². The summed E-state index contributed by atoms with van der Waals surface area (Å²) in [4.78, 5) is 11.3. The van der Waals surface area contributed by atoms with Crippen LogP contribution in [0.25, 0.3) is 17.1 Å². The molecular formula is C14H9ClN2O3. The topological polar surface area (TPSA) is 68.3 Å². The number of halogens is 1. The van der Waals surface area contributed by atoms with Crippen LogP contribution in [0.4, 0.5) is 0 Å². The Kier molecular flexibility index (Phi) is 3.04. The van der Waals surface area contributed by atoms with Crippen molar-refractivity contribution in [2.45, 2.75) is 0 Å². The van der Waals surface area contributed by atoms with Crippen molar-refractivity contribution in [3.8, 4) is 17.1 Å². The van der Waals surface area contributed by atoms with Gasteiger partial charge < -0.3 is 9.52 Å². The van der Waals surface area contributed by atoms with Crippen LogP contribution in [0, 0.1) is 0 Å². The Morgan fingerprint density at radius 2 is 2.15 bits per heavy atom. The lowest BCUT2D eigenvalue weighted by Crippen LogP contribution is -2.02. The molecule has 3 rings (SSSR count). The van der Waals surface area contributed by atoms with Crippen LogP contribution in [-0.2, 0) is 0 Å². The van der Waals surface area contributed by atoms with Crippen molar-refractivity contribution in [3.63, 3.8) is 0 Å². The Morgan fingerprint density at radius 3 is 2.80 bits per heavy atom.